The lowest BCUT2D eigenvalue weighted by atomic mass is 10.2. The van der Waals surface area contributed by atoms with Gasteiger partial charge in [0.15, 0.2) is 0 Å². The minimum atomic E-state index is -0.329. The van der Waals surface area contributed by atoms with Gasteiger partial charge in [0.1, 0.15) is 5.82 Å². The van der Waals surface area contributed by atoms with Gasteiger partial charge in [-0.05, 0) is 38.0 Å². The van der Waals surface area contributed by atoms with Gasteiger partial charge in [-0.25, -0.2) is 4.39 Å². The molecule has 0 radical (unpaired) electrons. The molecule has 1 rings (SSSR count). The lowest BCUT2D eigenvalue weighted by Gasteiger charge is -2.13. The Bertz CT molecular complexity index is 407. The van der Waals surface area contributed by atoms with Crippen LogP contribution in [-0.2, 0) is 4.79 Å². The zero-order valence-corrected chi connectivity index (χ0v) is 11.2. The highest BCUT2D eigenvalue weighted by Crippen LogP contribution is 2.14. The van der Waals surface area contributed by atoms with Crippen molar-refractivity contribution in [1.82, 2.24) is 5.32 Å². The predicted molar refractivity (Wildman–Crippen MR) is 72.1 cm³/mol. The number of anilines is 1. The molecule has 2 N–H and O–H groups in total. The number of benzene rings is 1. The molecule has 0 bridgehead atoms. The molecule has 1 atom stereocenters. The molecule has 0 spiro atoms. The molecule has 0 saturated carbocycles. The number of rotatable bonds is 6. The van der Waals surface area contributed by atoms with Crippen LogP contribution in [0.4, 0.5) is 10.1 Å². The first-order chi connectivity index (χ1) is 8.52. The second-order valence-corrected chi connectivity index (χ2v) is 4.59. The van der Waals surface area contributed by atoms with Crippen LogP contribution < -0.4 is 10.6 Å². The molecule has 0 aliphatic heterocycles. The van der Waals surface area contributed by atoms with Crippen molar-refractivity contribution in [1.29, 1.82) is 0 Å². The molecule has 1 amide bonds. The topological polar surface area (TPSA) is 41.1 Å². The van der Waals surface area contributed by atoms with Gasteiger partial charge in [0, 0.05) is 6.04 Å². The van der Waals surface area contributed by atoms with Crippen LogP contribution in [0, 0.1) is 12.7 Å². The lowest BCUT2D eigenvalue weighted by molar-refractivity contribution is -0.120. The average molecular weight is 252 g/mol. The van der Waals surface area contributed by atoms with E-state index in [0.717, 1.165) is 18.4 Å². The molecule has 3 nitrogen and oxygen atoms in total. The summed E-state index contributed by atoms with van der Waals surface area (Å²) in [5.74, 6) is -0.444. The number of hydrogen-bond acceptors (Lipinski definition) is 2. The molecule has 1 aromatic rings. The van der Waals surface area contributed by atoms with Crippen LogP contribution in [0.3, 0.4) is 0 Å². The zero-order valence-electron chi connectivity index (χ0n) is 11.2. The standard InChI is InChI=1S/C14H21FN2O/c1-4-5-11(3)17-14(18)9-16-13-7-6-10(2)8-12(13)15/h6-8,11,16H,4-5,9H2,1-3H3,(H,17,18). The van der Waals surface area contributed by atoms with Gasteiger partial charge in [-0.3, -0.25) is 4.79 Å². The molecule has 0 aliphatic rings. The number of halogens is 1. The van der Waals surface area contributed by atoms with Gasteiger partial charge in [0.25, 0.3) is 0 Å². The van der Waals surface area contributed by atoms with Gasteiger partial charge in [-0.1, -0.05) is 19.4 Å². The number of carbonyl (C=O) groups is 1. The molecule has 1 unspecified atom stereocenters. The minimum Gasteiger partial charge on any atom is -0.374 e. The summed E-state index contributed by atoms with van der Waals surface area (Å²) in [5, 5.41) is 5.66. The summed E-state index contributed by atoms with van der Waals surface area (Å²) < 4.78 is 13.5. The highest BCUT2D eigenvalue weighted by molar-refractivity contribution is 5.80. The molecule has 0 aromatic heterocycles. The van der Waals surface area contributed by atoms with E-state index in [1.165, 1.54) is 6.07 Å². The number of aryl methyl sites for hydroxylation is 1. The van der Waals surface area contributed by atoms with Crippen LogP contribution in [0.15, 0.2) is 18.2 Å². The van der Waals surface area contributed by atoms with Gasteiger partial charge < -0.3 is 10.6 Å². The Kier molecular flexibility index (Phi) is 5.62. The Morgan fingerprint density at radius 1 is 1.44 bits per heavy atom. The van der Waals surface area contributed by atoms with E-state index in [1.54, 1.807) is 6.07 Å². The second-order valence-electron chi connectivity index (χ2n) is 4.59. The fourth-order valence-corrected chi connectivity index (χ4v) is 1.77. The van der Waals surface area contributed by atoms with Crippen molar-refractivity contribution in [3.63, 3.8) is 0 Å². The van der Waals surface area contributed by atoms with Crippen LogP contribution >= 0.6 is 0 Å². The van der Waals surface area contributed by atoms with Crippen molar-refractivity contribution in [3.05, 3.63) is 29.6 Å². The summed E-state index contributed by atoms with van der Waals surface area (Å²) in [6.07, 6.45) is 1.98. The maximum absolute atomic E-state index is 13.5. The summed E-state index contributed by atoms with van der Waals surface area (Å²) in [7, 11) is 0. The summed E-state index contributed by atoms with van der Waals surface area (Å²) in [6, 6.07) is 5.06. The summed E-state index contributed by atoms with van der Waals surface area (Å²) in [5.41, 5.74) is 1.22. The van der Waals surface area contributed by atoms with E-state index in [4.69, 9.17) is 0 Å². The third-order valence-electron chi connectivity index (χ3n) is 2.69. The highest BCUT2D eigenvalue weighted by atomic mass is 19.1. The Morgan fingerprint density at radius 3 is 2.78 bits per heavy atom. The van der Waals surface area contributed by atoms with Crippen molar-refractivity contribution in [2.45, 2.75) is 39.7 Å². The van der Waals surface area contributed by atoms with Crippen LogP contribution in [0.25, 0.3) is 0 Å². The molecule has 0 aliphatic carbocycles. The third kappa shape index (κ3) is 4.73. The molecule has 1 aromatic carbocycles. The molecule has 0 heterocycles. The van der Waals surface area contributed by atoms with Gasteiger partial charge in [-0.2, -0.15) is 0 Å². The average Bonchev–Trinajstić information content (AvgIpc) is 2.28. The largest absolute Gasteiger partial charge is 0.374 e. The van der Waals surface area contributed by atoms with E-state index in [1.807, 2.05) is 19.9 Å². The molecular weight excluding hydrogens is 231 g/mol. The summed E-state index contributed by atoms with van der Waals surface area (Å²) in [4.78, 5) is 11.6. The molecule has 18 heavy (non-hydrogen) atoms. The van der Waals surface area contributed by atoms with Crippen molar-refractivity contribution < 1.29 is 9.18 Å². The van der Waals surface area contributed by atoms with E-state index in [2.05, 4.69) is 17.6 Å². The lowest BCUT2D eigenvalue weighted by Crippen LogP contribution is -2.36. The van der Waals surface area contributed by atoms with Crippen LogP contribution in [0.2, 0.25) is 0 Å². The number of amides is 1. The van der Waals surface area contributed by atoms with Gasteiger partial charge in [-0.15, -0.1) is 0 Å². The first-order valence-corrected chi connectivity index (χ1v) is 6.32. The van der Waals surface area contributed by atoms with Crippen LogP contribution in [0.5, 0.6) is 0 Å². The molecule has 100 valence electrons. The Balaban J connectivity index is 2.42. The maximum atomic E-state index is 13.5. The SMILES string of the molecule is CCCC(C)NC(=O)CNc1ccc(C)cc1F. The van der Waals surface area contributed by atoms with Crippen molar-refractivity contribution >= 4 is 11.6 Å². The van der Waals surface area contributed by atoms with E-state index < -0.39 is 0 Å². The first kappa shape index (κ1) is 14.5. The Hall–Kier alpha value is -1.58. The van der Waals surface area contributed by atoms with E-state index in [9.17, 15) is 9.18 Å². The van der Waals surface area contributed by atoms with Gasteiger partial charge >= 0.3 is 0 Å². The van der Waals surface area contributed by atoms with E-state index in [0.29, 0.717) is 5.69 Å². The second kappa shape index (κ2) is 6.99. The molecule has 0 fully saturated rings. The summed E-state index contributed by atoms with van der Waals surface area (Å²) in [6.45, 7) is 5.95. The first-order valence-electron chi connectivity index (χ1n) is 6.32. The van der Waals surface area contributed by atoms with Crippen molar-refractivity contribution in [2.24, 2.45) is 0 Å². The van der Waals surface area contributed by atoms with Crippen LogP contribution in [-0.4, -0.2) is 18.5 Å². The fraction of sp³-hybridized carbons (Fsp3) is 0.500. The fourth-order valence-electron chi connectivity index (χ4n) is 1.77. The number of hydrogen-bond donors (Lipinski definition) is 2. The molecule has 4 heteroatoms. The Labute approximate surface area is 108 Å². The summed E-state index contributed by atoms with van der Waals surface area (Å²) >= 11 is 0. The van der Waals surface area contributed by atoms with Gasteiger partial charge in [0.05, 0.1) is 12.2 Å². The van der Waals surface area contributed by atoms with E-state index in [-0.39, 0.29) is 24.3 Å². The predicted octanol–water partition coefficient (Wildman–Crippen LogP) is 2.85. The zero-order chi connectivity index (χ0) is 13.5. The number of nitrogens with one attached hydrogen (secondary N) is 2. The van der Waals surface area contributed by atoms with Crippen LogP contribution in [0.1, 0.15) is 32.3 Å². The third-order valence-corrected chi connectivity index (χ3v) is 2.69. The highest BCUT2D eigenvalue weighted by Gasteiger charge is 2.07. The van der Waals surface area contributed by atoms with E-state index >= 15 is 0 Å². The van der Waals surface area contributed by atoms with Gasteiger partial charge in [0.2, 0.25) is 5.91 Å². The monoisotopic (exact) mass is 252 g/mol. The maximum Gasteiger partial charge on any atom is 0.239 e. The smallest absolute Gasteiger partial charge is 0.239 e. The minimum absolute atomic E-state index is 0.0913. The van der Waals surface area contributed by atoms with Crippen molar-refractivity contribution in [2.75, 3.05) is 11.9 Å². The molecular formula is C14H21FN2O. The normalized spacial score (nSPS) is 12.0. The molecule has 0 saturated heterocycles. The quantitative estimate of drug-likeness (QED) is 0.817. The Morgan fingerprint density at radius 2 is 2.17 bits per heavy atom. The number of carbonyl (C=O) groups excluding carboxylic acids is 1. The van der Waals surface area contributed by atoms with Crippen molar-refractivity contribution in [3.8, 4) is 0 Å².